The number of carbonyl (C=O) groups is 2. The van der Waals surface area contributed by atoms with Gasteiger partial charge in [-0.1, -0.05) is 43.1 Å². The smallest absolute Gasteiger partial charge is 0.255 e. The second kappa shape index (κ2) is 11.1. The van der Waals surface area contributed by atoms with E-state index in [1.807, 2.05) is 12.1 Å². The first-order valence-corrected chi connectivity index (χ1v) is 11.7. The lowest BCUT2D eigenvalue weighted by atomic mass is 9.87. The van der Waals surface area contributed by atoms with Gasteiger partial charge in [-0.2, -0.15) is 0 Å². The van der Waals surface area contributed by atoms with Crippen LogP contribution in [0.5, 0.6) is 11.5 Å². The molecule has 0 aliphatic carbocycles. The highest BCUT2D eigenvalue weighted by Crippen LogP contribution is 2.40. The standard InChI is InChI=1S/C25H30Cl2N2O4/c1-15(2)9-10-28-24(30)21-14-29(25(31)19-7-5-16(26)11-22(19)27)13-20(21)18-8-6-17(32-3)12-23(18)33-4/h5-8,11-12,15,20-21H,9-10,13-14H2,1-4H3,(H,28,30). The molecule has 0 aromatic heterocycles. The summed E-state index contributed by atoms with van der Waals surface area (Å²) in [7, 11) is 3.17. The molecule has 2 aromatic carbocycles. The molecule has 178 valence electrons. The van der Waals surface area contributed by atoms with Gasteiger partial charge >= 0.3 is 0 Å². The highest BCUT2D eigenvalue weighted by Gasteiger charge is 2.42. The monoisotopic (exact) mass is 492 g/mol. The lowest BCUT2D eigenvalue weighted by Gasteiger charge is -2.21. The topological polar surface area (TPSA) is 67.9 Å². The number of likely N-dealkylation sites (tertiary alicyclic amines) is 1. The fourth-order valence-corrected chi connectivity index (χ4v) is 4.61. The molecule has 0 saturated carbocycles. The van der Waals surface area contributed by atoms with Crippen LogP contribution in [-0.2, 0) is 4.79 Å². The zero-order chi connectivity index (χ0) is 24.1. The molecule has 3 rings (SSSR count). The zero-order valence-electron chi connectivity index (χ0n) is 19.4. The Morgan fingerprint density at radius 1 is 1.09 bits per heavy atom. The van der Waals surface area contributed by atoms with Gasteiger partial charge in [0.25, 0.3) is 5.91 Å². The molecule has 0 spiro atoms. The Hall–Kier alpha value is -2.44. The average Bonchev–Trinajstić information content (AvgIpc) is 3.23. The van der Waals surface area contributed by atoms with Crippen molar-refractivity contribution in [3.63, 3.8) is 0 Å². The summed E-state index contributed by atoms with van der Waals surface area (Å²) in [4.78, 5) is 28.2. The van der Waals surface area contributed by atoms with Gasteiger partial charge in [0.15, 0.2) is 0 Å². The fourth-order valence-electron chi connectivity index (χ4n) is 4.12. The van der Waals surface area contributed by atoms with E-state index in [2.05, 4.69) is 19.2 Å². The molecule has 2 amide bonds. The van der Waals surface area contributed by atoms with Crippen molar-refractivity contribution in [1.29, 1.82) is 0 Å². The van der Waals surface area contributed by atoms with Gasteiger partial charge in [-0.05, 0) is 36.6 Å². The minimum Gasteiger partial charge on any atom is -0.497 e. The Labute approximate surface area is 205 Å². The number of amides is 2. The molecule has 6 nitrogen and oxygen atoms in total. The van der Waals surface area contributed by atoms with E-state index in [0.29, 0.717) is 41.1 Å². The van der Waals surface area contributed by atoms with Crippen LogP contribution in [0.2, 0.25) is 10.0 Å². The number of methoxy groups -OCH3 is 2. The van der Waals surface area contributed by atoms with E-state index >= 15 is 0 Å². The van der Waals surface area contributed by atoms with E-state index in [9.17, 15) is 9.59 Å². The summed E-state index contributed by atoms with van der Waals surface area (Å²) in [5.74, 6) is 0.805. The lowest BCUT2D eigenvalue weighted by Crippen LogP contribution is -2.36. The molecule has 1 N–H and O–H groups in total. The Balaban J connectivity index is 1.91. The van der Waals surface area contributed by atoms with Crippen LogP contribution in [0.4, 0.5) is 0 Å². The first kappa shape index (κ1) is 25.2. The molecule has 1 fully saturated rings. The van der Waals surface area contributed by atoms with Crippen LogP contribution in [0.25, 0.3) is 0 Å². The van der Waals surface area contributed by atoms with Crippen LogP contribution in [0.15, 0.2) is 36.4 Å². The summed E-state index contributed by atoms with van der Waals surface area (Å²) >= 11 is 12.3. The third-order valence-corrected chi connectivity index (χ3v) is 6.51. The van der Waals surface area contributed by atoms with Crippen molar-refractivity contribution < 1.29 is 19.1 Å². The summed E-state index contributed by atoms with van der Waals surface area (Å²) in [5.41, 5.74) is 1.22. The van der Waals surface area contributed by atoms with E-state index in [0.717, 1.165) is 12.0 Å². The van der Waals surface area contributed by atoms with E-state index in [-0.39, 0.29) is 29.3 Å². The van der Waals surface area contributed by atoms with Gasteiger partial charge in [0, 0.05) is 42.2 Å². The van der Waals surface area contributed by atoms with Crippen LogP contribution in [0.3, 0.4) is 0 Å². The molecule has 1 saturated heterocycles. The van der Waals surface area contributed by atoms with E-state index in [1.54, 1.807) is 43.4 Å². The van der Waals surface area contributed by atoms with Gasteiger partial charge in [0.05, 0.1) is 30.7 Å². The van der Waals surface area contributed by atoms with Gasteiger partial charge in [0.2, 0.25) is 5.91 Å². The molecule has 1 heterocycles. The van der Waals surface area contributed by atoms with Crippen LogP contribution in [0.1, 0.15) is 42.1 Å². The fraction of sp³-hybridized carbons (Fsp3) is 0.440. The molecule has 0 bridgehead atoms. The minimum absolute atomic E-state index is 0.0731. The minimum atomic E-state index is -0.422. The SMILES string of the molecule is COc1ccc(C2CN(C(=O)c3ccc(Cl)cc3Cl)CC2C(=O)NCCC(C)C)c(OC)c1. The quantitative estimate of drug-likeness (QED) is 0.560. The van der Waals surface area contributed by atoms with Crippen molar-refractivity contribution in [2.24, 2.45) is 11.8 Å². The van der Waals surface area contributed by atoms with Crippen molar-refractivity contribution in [3.05, 3.63) is 57.6 Å². The number of ether oxygens (including phenoxy) is 2. The lowest BCUT2D eigenvalue weighted by molar-refractivity contribution is -0.124. The molecular weight excluding hydrogens is 463 g/mol. The Bertz CT molecular complexity index is 1010. The number of rotatable bonds is 8. The summed E-state index contributed by atoms with van der Waals surface area (Å²) in [6.45, 7) is 5.47. The predicted molar refractivity (Wildman–Crippen MR) is 131 cm³/mol. The maximum absolute atomic E-state index is 13.3. The van der Waals surface area contributed by atoms with Gasteiger partial charge in [0.1, 0.15) is 11.5 Å². The van der Waals surface area contributed by atoms with E-state index in [4.69, 9.17) is 32.7 Å². The highest BCUT2D eigenvalue weighted by molar-refractivity contribution is 6.36. The zero-order valence-corrected chi connectivity index (χ0v) is 20.9. The van der Waals surface area contributed by atoms with Gasteiger partial charge in [-0.15, -0.1) is 0 Å². The number of nitrogens with one attached hydrogen (secondary N) is 1. The van der Waals surface area contributed by atoms with Crippen molar-refractivity contribution >= 4 is 35.0 Å². The summed E-state index contributed by atoms with van der Waals surface area (Å²) in [6, 6.07) is 10.3. The third-order valence-electron chi connectivity index (χ3n) is 5.97. The van der Waals surface area contributed by atoms with E-state index < -0.39 is 5.92 Å². The van der Waals surface area contributed by atoms with Crippen molar-refractivity contribution in [2.45, 2.75) is 26.2 Å². The average molecular weight is 493 g/mol. The van der Waals surface area contributed by atoms with Crippen molar-refractivity contribution in [1.82, 2.24) is 10.2 Å². The van der Waals surface area contributed by atoms with Crippen LogP contribution in [0, 0.1) is 11.8 Å². The maximum atomic E-state index is 13.3. The first-order chi connectivity index (χ1) is 15.7. The molecule has 2 unspecified atom stereocenters. The third kappa shape index (κ3) is 5.92. The van der Waals surface area contributed by atoms with Gasteiger partial charge in [-0.25, -0.2) is 0 Å². The van der Waals surface area contributed by atoms with E-state index in [1.165, 1.54) is 0 Å². The normalized spacial score (nSPS) is 17.8. The Kier molecular flexibility index (Phi) is 8.49. The largest absolute Gasteiger partial charge is 0.497 e. The van der Waals surface area contributed by atoms with Crippen LogP contribution < -0.4 is 14.8 Å². The van der Waals surface area contributed by atoms with Crippen molar-refractivity contribution in [3.8, 4) is 11.5 Å². The number of carbonyl (C=O) groups excluding carboxylic acids is 2. The molecule has 2 atom stereocenters. The highest BCUT2D eigenvalue weighted by atomic mass is 35.5. The first-order valence-electron chi connectivity index (χ1n) is 11.0. The Morgan fingerprint density at radius 2 is 1.85 bits per heavy atom. The number of benzene rings is 2. The molecule has 1 aliphatic rings. The molecular formula is C25H30Cl2N2O4. The van der Waals surface area contributed by atoms with Crippen molar-refractivity contribution in [2.75, 3.05) is 33.9 Å². The number of hydrogen-bond donors (Lipinski definition) is 1. The molecule has 0 radical (unpaired) electrons. The van der Waals surface area contributed by atoms with Crippen LogP contribution in [-0.4, -0.2) is 50.6 Å². The number of halogens is 2. The maximum Gasteiger partial charge on any atom is 0.255 e. The van der Waals surface area contributed by atoms with Gasteiger partial charge in [-0.3, -0.25) is 9.59 Å². The second-order valence-electron chi connectivity index (χ2n) is 8.63. The molecule has 8 heteroatoms. The summed E-state index contributed by atoms with van der Waals surface area (Å²) in [6.07, 6.45) is 0.887. The molecule has 1 aliphatic heterocycles. The predicted octanol–water partition coefficient (Wildman–Crippen LogP) is 5.03. The number of nitrogens with zero attached hydrogens (tertiary/aromatic N) is 1. The molecule has 2 aromatic rings. The summed E-state index contributed by atoms with van der Waals surface area (Å²) < 4.78 is 10.9. The Morgan fingerprint density at radius 3 is 2.48 bits per heavy atom. The second-order valence-corrected chi connectivity index (χ2v) is 9.47. The van der Waals surface area contributed by atoms with Crippen LogP contribution >= 0.6 is 23.2 Å². The molecule has 33 heavy (non-hydrogen) atoms. The number of hydrogen-bond acceptors (Lipinski definition) is 4. The summed E-state index contributed by atoms with van der Waals surface area (Å²) in [5, 5.41) is 3.80. The van der Waals surface area contributed by atoms with Gasteiger partial charge < -0.3 is 19.7 Å².